The first-order chi connectivity index (χ1) is 9.81. The summed E-state index contributed by atoms with van der Waals surface area (Å²) in [6, 6.07) is 3.43. The number of benzene rings is 1. The van der Waals surface area contributed by atoms with Gasteiger partial charge in [0, 0.05) is 6.07 Å². The zero-order chi connectivity index (χ0) is 16.0. The number of hydrogen-bond donors (Lipinski definition) is 2. The normalized spacial score (nSPS) is 11.8. The maximum Gasteiger partial charge on any atom is 0.289 e. The number of sulfonamides is 1. The van der Waals surface area contributed by atoms with E-state index in [-0.39, 0.29) is 16.5 Å². The highest BCUT2D eigenvalue weighted by Crippen LogP contribution is 2.26. The summed E-state index contributed by atoms with van der Waals surface area (Å²) in [5, 5.41) is 10.7. The third kappa shape index (κ3) is 4.92. The summed E-state index contributed by atoms with van der Waals surface area (Å²) in [7, 11) is -3.77. The highest BCUT2D eigenvalue weighted by Gasteiger charge is 2.20. The van der Waals surface area contributed by atoms with Crippen molar-refractivity contribution in [3.8, 4) is 0 Å². The second-order valence-corrected chi connectivity index (χ2v) is 6.65. The summed E-state index contributed by atoms with van der Waals surface area (Å²) in [5.74, 6) is 0. The maximum atomic E-state index is 12.1. The smallest absolute Gasteiger partial charge is 0.289 e. The number of likely N-dealkylation sites (N-methyl/N-ethyl adjacent to an activating group) is 1. The molecule has 2 N–H and O–H groups in total. The van der Waals surface area contributed by atoms with Gasteiger partial charge in [0.2, 0.25) is 10.0 Å². The van der Waals surface area contributed by atoms with E-state index in [0.717, 1.165) is 19.2 Å². The van der Waals surface area contributed by atoms with Crippen LogP contribution in [0.5, 0.6) is 0 Å². The van der Waals surface area contributed by atoms with Crippen molar-refractivity contribution in [1.29, 1.82) is 0 Å². The van der Waals surface area contributed by atoms with Crippen LogP contribution in [0.25, 0.3) is 0 Å². The largest absolute Gasteiger partial charge is 0.334 e. The van der Waals surface area contributed by atoms with E-state index < -0.39 is 20.6 Å². The molecule has 1 aromatic rings. The highest BCUT2D eigenvalue weighted by atomic mass is 35.5. The van der Waals surface area contributed by atoms with Gasteiger partial charge in [0.15, 0.2) is 0 Å². The number of nitrogens with zero attached hydrogens (tertiary/aromatic N) is 1. The predicted octanol–water partition coefficient (Wildman–Crippen LogP) is 0.451. The van der Waals surface area contributed by atoms with Crippen molar-refractivity contribution in [2.24, 2.45) is 0 Å². The van der Waals surface area contributed by atoms with E-state index >= 15 is 0 Å². The zero-order valence-electron chi connectivity index (χ0n) is 11.9. The number of nitro groups is 1. The van der Waals surface area contributed by atoms with Gasteiger partial charge in [0.25, 0.3) is 5.69 Å². The molecular formula is C12H19ClN3O4S+. The summed E-state index contributed by atoms with van der Waals surface area (Å²) in [6.45, 7) is 6.79. The van der Waals surface area contributed by atoms with E-state index in [1.807, 2.05) is 13.8 Å². The summed E-state index contributed by atoms with van der Waals surface area (Å²) in [4.78, 5) is 11.2. The molecule has 0 aromatic heterocycles. The van der Waals surface area contributed by atoms with Crippen LogP contribution in [0.1, 0.15) is 13.8 Å². The van der Waals surface area contributed by atoms with Crippen molar-refractivity contribution in [2.75, 3.05) is 26.2 Å². The Bertz CT molecular complexity index is 603. The van der Waals surface area contributed by atoms with Gasteiger partial charge < -0.3 is 4.90 Å². The Kier molecular flexibility index (Phi) is 6.53. The monoisotopic (exact) mass is 336 g/mol. The van der Waals surface area contributed by atoms with Gasteiger partial charge in [-0.3, -0.25) is 10.1 Å². The third-order valence-corrected chi connectivity index (χ3v) is 4.97. The van der Waals surface area contributed by atoms with Gasteiger partial charge in [-0.25, -0.2) is 13.1 Å². The third-order valence-electron chi connectivity index (χ3n) is 3.20. The molecule has 1 aromatic carbocycles. The van der Waals surface area contributed by atoms with Gasteiger partial charge in [-0.15, -0.1) is 0 Å². The number of nitrogens with one attached hydrogen (secondary N) is 2. The van der Waals surface area contributed by atoms with E-state index in [4.69, 9.17) is 11.6 Å². The molecule has 9 heteroatoms. The van der Waals surface area contributed by atoms with Crippen molar-refractivity contribution in [2.45, 2.75) is 18.7 Å². The van der Waals surface area contributed by atoms with Crippen LogP contribution in [0.2, 0.25) is 5.02 Å². The number of quaternary nitrogens is 1. The van der Waals surface area contributed by atoms with Crippen LogP contribution in [0.15, 0.2) is 23.1 Å². The lowest BCUT2D eigenvalue weighted by Crippen LogP contribution is -3.12. The lowest BCUT2D eigenvalue weighted by molar-refractivity contribution is -0.895. The van der Waals surface area contributed by atoms with Crippen molar-refractivity contribution >= 4 is 27.3 Å². The van der Waals surface area contributed by atoms with Crippen LogP contribution in [0, 0.1) is 10.1 Å². The summed E-state index contributed by atoms with van der Waals surface area (Å²) >= 11 is 5.66. The number of halogens is 1. The fraction of sp³-hybridized carbons (Fsp3) is 0.500. The molecule has 0 aliphatic rings. The molecule has 0 saturated heterocycles. The quantitative estimate of drug-likeness (QED) is 0.532. The molecule has 21 heavy (non-hydrogen) atoms. The molecule has 0 aliphatic heterocycles. The van der Waals surface area contributed by atoms with Crippen LogP contribution in [-0.2, 0) is 10.0 Å². The molecule has 0 spiro atoms. The topological polar surface area (TPSA) is 93.8 Å². The first-order valence-electron chi connectivity index (χ1n) is 6.59. The molecule has 0 atom stereocenters. The molecule has 0 unspecified atom stereocenters. The molecule has 0 heterocycles. The summed E-state index contributed by atoms with van der Waals surface area (Å²) < 4.78 is 26.6. The summed E-state index contributed by atoms with van der Waals surface area (Å²) in [6.07, 6.45) is 0. The van der Waals surface area contributed by atoms with Gasteiger partial charge in [-0.2, -0.15) is 0 Å². The standard InChI is InChI=1S/C12H18ClN3O4S/c1-3-15(4-2)8-7-14-21(19,20)10-5-6-11(13)12(9-10)16(17)18/h5-6,9,14H,3-4,7-8H2,1-2H3/p+1. The van der Waals surface area contributed by atoms with E-state index in [1.54, 1.807) is 0 Å². The van der Waals surface area contributed by atoms with Crippen molar-refractivity contribution in [3.05, 3.63) is 33.3 Å². The number of hydrogen-bond acceptors (Lipinski definition) is 4. The van der Waals surface area contributed by atoms with Crippen LogP contribution in [0.3, 0.4) is 0 Å². The van der Waals surface area contributed by atoms with Gasteiger partial charge in [0.05, 0.1) is 36.0 Å². The van der Waals surface area contributed by atoms with E-state index in [0.29, 0.717) is 6.54 Å². The van der Waals surface area contributed by atoms with E-state index in [1.165, 1.54) is 17.0 Å². The van der Waals surface area contributed by atoms with Crippen molar-refractivity contribution in [1.82, 2.24) is 4.72 Å². The SMILES string of the molecule is CC[NH+](CC)CCNS(=O)(=O)c1ccc(Cl)c([N+](=O)[O-])c1. The van der Waals surface area contributed by atoms with Crippen LogP contribution in [0.4, 0.5) is 5.69 Å². The Morgan fingerprint density at radius 3 is 2.48 bits per heavy atom. The minimum Gasteiger partial charge on any atom is -0.334 e. The van der Waals surface area contributed by atoms with Crippen LogP contribution >= 0.6 is 11.6 Å². The van der Waals surface area contributed by atoms with Gasteiger partial charge in [-0.1, -0.05) is 11.6 Å². The molecule has 0 fully saturated rings. The average Bonchev–Trinajstić information content (AvgIpc) is 2.43. The summed E-state index contributed by atoms with van der Waals surface area (Å²) in [5.41, 5.74) is -0.422. The first-order valence-corrected chi connectivity index (χ1v) is 8.45. The molecule has 7 nitrogen and oxygen atoms in total. The van der Waals surface area contributed by atoms with Crippen LogP contribution < -0.4 is 9.62 Å². The Morgan fingerprint density at radius 1 is 1.33 bits per heavy atom. The number of rotatable bonds is 8. The lowest BCUT2D eigenvalue weighted by Gasteiger charge is -2.15. The highest BCUT2D eigenvalue weighted by molar-refractivity contribution is 7.89. The molecule has 0 amide bonds. The van der Waals surface area contributed by atoms with Crippen molar-refractivity contribution < 1.29 is 18.2 Å². The molecular weight excluding hydrogens is 318 g/mol. The molecule has 0 bridgehead atoms. The minimum absolute atomic E-state index is 0.0912. The fourth-order valence-electron chi connectivity index (χ4n) is 1.85. The Morgan fingerprint density at radius 2 is 1.95 bits per heavy atom. The lowest BCUT2D eigenvalue weighted by atomic mass is 10.3. The fourth-order valence-corrected chi connectivity index (χ4v) is 3.09. The van der Waals surface area contributed by atoms with Gasteiger partial charge >= 0.3 is 0 Å². The molecule has 118 valence electrons. The number of nitro benzene ring substituents is 1. The predicted molar refractivity (Wildman–Crippen MR) is 80.2 cm³/mol. The van der Waals surface area contributed by atoms with Gasteiger partial charge in [-0.05, 0) is 26.0 Å². The first kappa shape index (κ1) is 17.8. The second kappa shape index (κ2) is 7.69. The molecule has 1 rings (SSSR count). The van der Waals surface area contributed by atoms with E-state index in [2.05, 4.69) is 4.72 Å². The second-order valence-electron chi connectivity index (χ2n) is 4.48. The Balaban J connectivity index is 2.84. The Hall–Kier alpha value is -1.22. The molecule has 0 aliphatic carbocycles. The van der Waals surface area contributed by atoms with Gasteiger partial charge in [0.1, 0.15) is 5.02 Å². The molecule has 0 saturated carbocycles. The molecule has 0 radical (unpaired) electrons. The minimum atomic E-state index is -3.77. The Labute approximate surface area is 129 Å². The zero-order valence-corrected chi connectivity index (χ0v) is 13.5. The van der Waals surface area contributed by atoms with E-state index in [9.17, 15) is 18.5 Å². The maximum absolute atomic E-state index is 12.1. The van der Waals surface area contributed by atoms with Crippen molar-refractivity contribution in [3.63, 3.8) is 0 Å². The average molecular weight is 337 g/mol. The van der Waals surface area contributed by atoms with Crippen LogP contribution in [-0.4, -0.2) is 39.5 Å².